The molecule has 3 fully saturated rings. The third-order valence-electron chi connectivity index (χ3n) is 4.60. The fourth-order valence-corrected chi connectivity index (χ4v) is 3.07. The first kappa shape index (κ1) is 13.8. The zero-order chi connectivity index (χ0) is 14.2. The molecule has 0 aromatic carbocycles. The van der Waals surface area contributed by atoms with E-state index in [0.29, 0.717) is 32.8 Å². The highest BCUT2D eigenvalue weighted by Crippen LogP contribution is 2.35. The molecule has 2 amide bonds. The molecular weight excluding hydrogens is 258 g/mol. The number of hydrogen-bond acceptors (Lipinski definition) is 4. The van der Waals surface area contributed by atoms with Crippen LogP contribution in [0.25, 0.3) is 0 Å². The van der Waals surface area contributed by atoms with E-state index < -0.39 is 5.54 Å². The van der Waals surface area contributed by atoms with Gasteiger partial charge in [0.1, 0.15) is 0 Å². The van der Waals surface area contributed by atoms with Gasteiger partial charge in [-0.1, -0.05) is 0 Å². The molecule has 1 atom stereocenters. The molecule has 3 rings (SSSR count). The standard InChI is InChI=1S/C14H23N3O3/c15-14(3-4-14)13(19)17-5-1-2-11(10-17)12(18)16-6-8-20-9-7-16/h11H,1-10,15H2. The van der Waals surface area contributed by atoms with Gasteiger partial charge in [-0.2, -0.15) is 0 Å². The summed E-state index contributed by atoms with van der Waals surface area (Å²) in [6.07, 6.45) is 3.33. The highest BCUT2D eigenvalue weighted by molar-refractivity contribution is 5.90. The fourth-order valence-electron chi connectivity index (χ4n) is 3.07. The van der Waals surface area contributed by atoms with Gasteiger partial charge in [0.05, 0.1) is 24.7 Å². The summed E-state index contributed by atoms with van der Waals surface area (Å²) in [4.78, 5) is 28.4. The van der Waals surface area contributed by atoms with E-state index in [1.807, 2.05) is 4.90 Å². The number of rotatable bonds is 2. The molecule has 1 saturated carbocycles. The number of amides is 2. The van der Waals surface area contributed by atoms with E-state index in [1.165, 1.54) is 0 Å². The first-order valence-corrected chi connectivity index (χ1v) is 7.55. The Balaban J connectivity index is 1.59. The number of piperidine rings is 1. The summed E-state index contributed by atoms with van der Waals surface area (Å²) in [6, 6.07) is 0. The van der Waals surface area contributed by atoms with Crippen molar-refractivity contribution in [3.63, 3.8) is 0 Å². The van der Waals surface area contributed by atoms with E-state index in [4.69, 9.17) is 10.5 Å². The normalized spacial score (nSPS) is 29.1. The quantitative estimate of drug-likeness (QED) is 0.745. The first-order valence-electron chi connectivity index (χ1n) is 7.55. The Labute approximate surface area is 119 Å². The van der Waals surface area contributed by atoms with E-state index in [0.717, 1.165) is 32.2 Å². The van der Waals surface area contributed by atoms with E-state index in [2.05, 4.69) is 0 Å². The lowest BCUT2D eigenvalue weighted by Crippen LogP contribution is -2.53. The van der Waals surface area contributed by atoms with E-state index in [9.17, 15) is 9.59 Å². The van der Waals surface area contributed by atoms with E-state index in [1.54, 1.807) is 4.90 Å². The van der Waals surface area contributed by atoms with Gasteiger partial charge in [0.25, 0.3) is 0 Å². The molecule has 2 heterocycles. The smallest absolute Gasteiger partial charge is 0.242 e. The minimum Gasteiger partial charge on any atom is -0.378 e. The number of carbonyl (C=O) groups is 2. The van der Waals surface area contributed by atoms with Crippen LogP contribution in [0.3, 0.4) is 0 Å². The molecule has 0 spiro atoms. The molecule has 0 radical (unpaired) electrons. The van der Waals surface area contributed by atoms with Crippen molar-refractivity contribution in [1.82, 2.24) is 9.80 Å². The van der Waals surface area contributed by atoms with Crippen LogP contribution in [0.2, 0.25) is 0 Å². The SMILES string of the molecule is NC1(C(=O)N2CCCC(C(=O)N3CCOCC3)C2)CC1. The van der Waals surface area contributed by atoms with Gasteiger partial charge in [-0.3, -0.25) is 9.59 Å². The molecule has 0 bridgehead atoms. The highest BCUT2D eigenvalue weighted by Gasteiger charge is 2.49. The third kappa shape index (κ3) is 2.67. The average molecular weight is 281 g/mol. The number of morpholine rings is 1. The molecule has 2 N–H and O–H groups in total. The van der Waals surface area contributed by atoms with Gasteiger partial charge in [0.15, 0.2) is 0 Å². The molecule has 3 aliphatic rings. The van der Waals surface area contributed by atoms with Crippen LogP contribution in [-0.2, 0) is 14.3 Å². The number of likely N-dealkylation sites (tertiary alicyclic amines) is 1. The molecule has 6 heteroatoms. The van der Waals surface area contributed by atoms with Crippen LogP contribution in [0.1, 0.15) is 25.7 Å². The van der Waals surface area contributed by atoms with Gasteiger partial charge in [-0.15, -0.1) is 0 Å². The number of carbonyl (C=O) groups excluding carboxylic acids is 2. The summed E-state index contributed by atoms with van der Waals surface area (Å²) in [7, 11) is 0. The Morgan fingerprint density at radius 3 is 2.45 bits per heavy atom. The maximum atomic E-state index is 12.5. The van der Waals surface area contributed by atoms with Gasteiger partial charge in [-0.25, -0.2) is 0 Å². The van der Waals surface area contributed by atoms with Gasteiger partial charge in [0.2, 0.25) is 11.8 Å². The van der Waals surface area contributed by atoms with Gasteiger partial charge in [0, 0.05) is 26.2 Å². The predicted molar refractivity (Wildman–Crippen MR) is 72.9 cm³/mol. The second-order valence-corrected chi connectivity index (χ2v) is 6.18. The molecule has 0 aromatic heterocycles. The Kier molecular flexibility index (Phi) is 3.69. The van der Waals surface area contributed by atoms with Gasteiger partial charge >= 0.3 is 0 Å². The summed E-state index contributed by atoms with van der Waals surface area (Å²) in [6.45, 7) is 3.85. The largest absolute Gasteiger partial charge is 0.378 e. The molecule has 6 nitrogen and oxygen atoms in total. The van der Waals surface area contributed by atoms with Crippen molar-refractivity contribution >= 4 is 11.8 Å². The second-order valence-electron chi connectivity index (χ2n) is 6.18. The van der Waals surface area contributed by atoms with Crippen LogP contribution in [0.15, 0.2) is 0 Å². The van der Waals surface area contributed by atoms with Crippen LogP contribution < -0.4 is 5.73 Å². The summed E-state index contributed by atoms with van der Waals surface area (Å²) in [5.41, 5.74) is 5.36. The Morgan fingerprint density at radius 1 is 1.10 bits per heavy atom. The van der Waals surface area contributed by atoms with Crippen LogP contribution in [0, 0.1) is 5.92 Å². The fraction of sp³-hybridized carbons (Fsp3) is 0.857. The van der Waals surface area contributed by atoms with Crippen molar-refractivity contribution in [2.24, 2.45) is 11.7 Å². The Hall–Kier alpha value is -1.14. The molecule has 20 heavy (non-hydrogen) atoms. The lowest BCUT2D eigenvalue weighted by atomic mass is 9.95. The summed E-state index contributed by atoms with van der Waals surface area (Å²) in [5, 5.41) is 0. The third-order valence-corrected chi connectivity index (χ3v) is 4.60. The zero-order valence-electron chi connectivity index (χ0n) is 11.8. The predicted octanol–water partition coefficient (Wildman–Crippen LogP) is -0.425. The lowest BCUT2D eigenvalue weighted by Gasteiger charge is -2.37. The van der Waals surface area contributed by atoms with Crippen molar-refractivity contribution in [2.75, 3.05) is 39.4 Å². The summed E-state index contributed by atoms with van der Waals surface area (Å²) < 4.78 is 5.27. The molecule has 112 valence electrons. The molecule has 2 saturated heterocycles. The molecule has 1 unspecified atom stereocenters. The maximum Gasteiger partial charge on any atom is 0.242 e. The number of nitrogens with zero attached hydrogens (tertiary/aromatic N) is 2. The van der Waals surface area contributed by atoms with Crippen molar-refractivity contribution in [3.8, 4) is 0 Å². The minimum absolute atomic E-state index is 0.0389. The van der Waals surface area contributed by atoms with Crippen molar-refractivity contribution in [3.05, 3.63) is 0 Å². The second kappa shape index (κ2) is 5.33. The summed E-state index contributed by atoms with van der Waals surface area (Å²) in [5.74, 6) is 0.151. The number of ether oxygens (including phenoxy) is 1. The Bertz CT molecular complexity index is 402. The minimum atomic E-state index is -0.621. The highest BCUT2D eigenvalue weighted by atomic mass is 16.5. The maximum absolute atomic E-state index is 12.5. The average Bonchev–Trinajstić information content (AvgIpc) is 3.26. The van der Waals surface area contributed by atoms with Crippen molar-refractivity contribution in [2.45, 2.75) is 31.2 Å². The van der Waals surface area contributed by atoms with E-state index >= 15 is 0 Å². The Morgan fingerprint density at radius 2 is 1.80 bits per heavy atom. The zero-order valence-corrected chi connectivity index (χ0v) is 11.8. The van der Waals surface area contributed by atoms with Crippen LogP contribution >= 0.6 is 0 Å². The lowest BCUT2D eigenvalue weighted by molar-refractivity contribution is -0.144. The number of nitrogens with two attached hydrogens (primary N) is 1. The van der Waals surface area contributed by atoms with Crippen molar-refractivity contribution in [1.29, 1.82) is 0 Å². The topological polar surface area (TPSA) is 75.9 Å². The molecule has 0 aromatic rings. The summed E-state index contributed by atoms with van der Waals surface area (Å²) >= 11 is 0. The molecular formula is C14H23N3O3. The molecule has 2 aliphatic heterocycles. The number of hydrogen-bond donors (Lipinski definition) is 1. The monoisotopic (exact) mass is 281 g/mol. The van der Waals surface area contributed by atoms with E-state index in [-0.39, 0.29) is 17.7 Å². The first-order chi connectivity index (χ1) is 9.60. The van der Waals surface area contributed by atoms with Crippen LogP contribution in [0.4, 0.5) is 0 Å². The van der Waals surface area contributed by atoms with Gasteiger partial charge < -0.3 is 20.3 Å². The van der Waals surface area contributed by atoms with Crippen LogP contribution in [-0.4, -0.2) is 66.5 Å². The van der Waals surface area contributed by atoms with Crippen LogP contribution in [0.5, 0.6) is 0 Å². The van der Waals surface area contributed by atoms with Gasteiger partial charge in [-0.05, 0) is 25.7 Å². The van der Waals surface area contributed by atoms with Crippen molar-refractivity contribution < 1.29 is 14.3 Å². The molecule has 1 aliphatic carbocycles.